The van der Waals surface area contributed by atoms with Crippen LogP contribution in [0.15, 0.2) is 42.5 Å². The maximum Gasteiger partial charge on any atom is 0.336 e. The summed E-state index contributed by atoms with van der Waals surface area (Å²) in [7, 11) is 0. The molecule has 118 valence electrons. The number of rotatable bonds is 1. The van der Waals surface area contributed by atoms with Crippen LogP contribution in [0.4, 0.5) is 10.1 Å². The van der Waals surface area contributed by atoms with Crippen molar-refractivity contribution in [3.05, 3.63) is 59.4 Å². The smallest absolute Gasteiger partial charge is 0.336 e. The maximum atomic E-state index is 13.7. The first-order chi connectivity index (χ1) is 11.5. The van der Waals surface area contributed by atoms with Crippen LogP contribution < -0.4 is 5.32 Å². The van der Waals surface area contributed by atoms with Crippen molar-refractivity contribution in [1.29, 1.82) is 0 Å². The molecule has 5 nitrogen and oxygen atoms in total. The van der Waals surface area contributed by atoms with Crippen molar-refractivity contribution in [1.82, 2.24) is 4.98 Å². The zero-order valence-electron chi connectivity index (χ0n) is 12.3. The number of amides is 1. The molecule has 2 aromatic carbocycles. The molecule has 3 aromatic rings. The Kier molecular flexibility index (Phi) is 3.06. The van der Waals surface area contributed by atoms with Crippen molar-refractivity contribution >= 4 is 28.5 Å². The number of hydrogen-bond acceptors (Lipinski definition) is 3. The average molecular weight is 322 g/mol. The van der Waals surface area contributed by atoms with Gasteiger partial charge in [-0.05, 0) is 24.3 Å². The van der Waals surface area contributed by atoms with Crippen LogP contribution in [-0.4, -0.2) is 22.0 Å². The summed E-state index contributed by atoms with van der Waals surface area (Å²) < 4.78 is 13.7. The van der Waals surface area contributed by atoms with E-state index in [-0.39, 0.29) is 17.9 Å². The van der Waals surface area contributed by atoms with Gasteiger partial charge in [-0.1, -0.05) is 18.2 Å². The Morgan fingerprint density at radius 1 is 1.21 bits per heavy atom. The van der Waals surface area contributed by atoms with E-state index >= 15 is 0 Å². The molecule has 0 saturated heterocycles. The van der Waals surface area contributed by atoms with Crippen molar-refractivity contribution in [2.75, 3.05) is 5.32 Å². The third-order valence-electron chi connectivity index (χ3n) is 4.06. The molecular formula is C18H11FN2O3. The van der Waals surface area contributed by atoms with Crippen LogP contribution in [0.25, 0.3) is 22.2 Å². The fourth-order valence-electron chi connectivity index (χ4n) is 3.07. The summed E-state index contributed by atoms with van der Waals surface area (Å²) in [4.78, 5) is 28.5. The zero-order chi connectivity index (χ0) is 16.8. The number of carbonyl (C=O) groups is 2. The lowest BCUT2D eigenvalue weighted by atomic mass is 9.95. The number of nitrogens with zero attached hydrogens (tertiary/aromatic N) is 1. The maximum absolute atomic E-state index is 13.7. The third-order valence-corrected chi connectivity index (χ3v) is 4.06. The normalized spacial score (nSPS) is 13.0. The second-order valence-corrected chi connectivity index (χ2v) is 5.55. The Morgan fingerprint density at radius 3 is 2.79 bits per heavy atom. The molecule has 0 radical (unpaired) electrons. The van der Waals surface area contributed by atoms with Crippen molar-refractivity contribution in [3.63, 3.8) is 0 Å². The average Bonchev–Trinajstić information content (AvgIpc) is 2.68. The molecule has 1 aliphatic heterocycles. The van der Waals surface area contributed by atoms with Crippen LogP contribution in [-0.2, 0) is 11.2 Å². The van der Waals surface area contributed by atoms with Gasteiger partial charge in [-0.25, -0.2) is 14.2 Å². The van der Waals surface area contributed by atoms with Crippen molar-refractivity contribution in [3.8, 4) is 11.3 Å². The number of nitrogens with one attached hydrogen (secondary N) is 1. The number of aromatic nitrogens is 1. The summed E-state index contributed by atoms with van der Waals surface area (Å²) in [5, 5.41) is 12.8. The van der Waals surface area contributed by atoms with Crippen LogP contribution >= 0.6 is 0 Å². The van der Waals surface area contributed by atoms with E-state index in [4.69, 9.17) is 0 Å². The van der Waals surface area contributed by atoms with Crippen LogP contribution in [0.5, 0.6) is 0 Å². The number of pyridine rings is 1. The quantitative estimate of drug-likeness (QED) is 0.721. The monoisotopic (exact) mass is 322 g/mol. The van der Waals surface area contributed by atoms with E-state index in [1.807, 2.05) is 0 Å². The van der Waals surface area contributed by atoms with E-state index in [0.717, 1.165) is 0 Å². The Hall–Kier alpha value is -3.28. The lowest BCUT2D eigenvalue weighted by molar-refractivity contribution is -0.115. The SMILES string of the molecule is O=C1Cc2c(nc3ccccc3c2C(=O)O)-c2cc(F)ccc2N1. The van der Waals surface area contributed by atoms with Gasteiger partial charge in [-0.2, -0.15) is 0 Å². The molecule has 0 spiro atoms. The highest BCUT2D eigenvalue weighted by molar-refractivity contribution is 6.10. The third kappa shape index (κ3) is 2.11. The van der Waals surface area contributed by atoms with Crippen LogP contribution in [0.1, 0.15) is 15.9 Å². The summed E-state index contributed by atoms with van der Waals surface area (Å²) >= 11 is 0. The molecule has 24 heavy (non-hydrogen) atoms. The molecule has 6 heteroatoms. The molecule has 2 heterocycles. The Labute approximate surface area is 135 Å². The van der Waals surface area contributed by atoms with E-state index in [9.17, 15) is 19.1 Å². The number of anilines is 1. The molecule has 1 aliphatic rings. The lowest BCUT2D eigenvalue weighted by Gasteiger charge is -2.13. The minimum absolute atomic E-state index is 0.0304. The van der Waals surface area contributed by atoms with E-state index < -0.39 is 11.8 Å². The van der Waals surface area contributed by atoms with E-state index in [1.54, 1.807) is 24.3 Å². The van der Waals surface area contributed by atoms with Gasteiger partial charge in [0.2, 0.25) is 5.91 Å². The molecule has 4 rings (SSSR count). The van der Waals surface area contributed by atoms with Gasteiger partial charge in [0.15, 0.2) is 0 Å². The molecule has 0 unspecified atom stereocenters. The number of carboxylic acid groups (broad SMARTS) is 1. The van der Waals surface area contributed by atoms with Crippen molar-refractivity contribution in [2.24, 2.45) is 0 Å². The van der Waals surface area contributed by atoms with Crippen molar-refractivity contribution in [2.45, 2.75) is 6.42 Å². The Morgan fingerprint density at radius 2 is 2.00 bits per heavy atom. The fourth-order valence-corrected chi connectivity index (χ4v) is 3.07. The number of carbonyl (C=O) groups excluding carboxylic acids is 1. The van der Waals surface area contributed by atoms with E-state index in [1.165, 1.54) is 18.2 Å². The number of fused-ring (bicyclic) bond motifs is 4. The van der Waals surface area contributed by atoms with Gasteiger partial charge in [-0.3, -0.25) is 4.79 Å². The molecule has 0 atom stereocenters. The number of para-hydroxylation sites is 1. The summed E-state index contributed by atoms with van der Waals surface area (Å²) in [5.74, 6) is -1.98. The highest BCUT2D eigenvalue weighted by atomic mass is 19.1. The summed E-state index contributed by atoms with van der Waals surface area (Å²) in [6, 6.07) is 10.8. The molecular weight excluding hydrogens is 311 g/mol. The number of carboxylic acids is 1. The first kappa shape index (κ1) is 14.3. The van der Waals surface area contributed by atoms with Crippen molar-refractivity contribution < 1.29 is 19.1 Å². The van der Waals surface area contributed by atoms with Crippen LogP contribution in [0.2, 0.25) is 0 Å². The molecule has 0 bridgehead atoms. The number of benzene rings is 2. The van der Waals surface area contributed by atoms with Crippen LogP contribution in [0.3, 0.4) is 0 Å². The number of aromatic carboxylic acids is 1. The molecule has 1 amide bonds. The largest absolute Gasteiger partial charge is 0.478 e. The van der Waals surface area contributed by atoms with Gasteiger partial charge < -0.3 is 10.4 Å². The fraction of sp³-hybridized carbons (Fsp3) is 0.0556. The van der Waals surface area contributed by atoms with Crippen LogP contribution in [0, 0.1) is 5.82 Å². The summed E-state index contributed by atoms with van der Waals surface area (Å²) in [5.41, 5.74) is 1.92. The molecule has 0 saturated carbocycles. The Balaban J connectivity index is 2.18. The lowest BCUT2D eigenvalue weighted by Crippen LogP contribution is -2.15. The molecule has 0 aliphatic carbocycles. The predicted octanol–water partition coefficient (Wildman–Crippen LogP) is 3.23. The number of hydrogen-bond donors (Lipinski definition) is 2. The standard InChI is InChI=1S/C18H11FN2O3/c19-9-5-6-14-11(7-9)17-12(8-15(22)20-14)16(18(23)24)10-3-1-2-4-13(10)21-17/h1-7H,8H2,(H,20,22)(H,23,24). The molecule has 2 N–H and O–H groups in total. The highest BCUT2D eigenvalue weighted by Crippen LogP contribution is 2.37. The van der Waals surface area contributed by atoms with Gasteiger partial charge >= 0.3 is 5.97 Å². The van der Waals surface area contributed by atoms with Gasteiger partial charge in [0.05, 0.1) is 28.9 Å². The topological polar surface area (TPSA) is 79.3 Å². The Bertz CT molecular complexity index is 1030. The minimum Gasteiger partial charge on any atom is -0.478 e. The second-order valence-electron chi connectivity index (χ2n) is 5.55. The van der Waals surface area contributed by atoms with E-state index in [0.29, 0.717) is 33.4 Å². The van der Waals surface area contributed by atoms with Gasteiger partial charge in [0, 0.05) is 16.5 Å². The summed E-state index contributed by atoms with van der Waals surface area (Å²) in [6.07, 6.45) is -0.134. The number of halogens is 1. The minimum atomic E-state index is -1.14. The zero-order valence-corrected chi connectivity index (χ0v) is 12.3. The van der Waals surface area contributed by atoms with E-state index in [2.05, 4.69) is 10.3 Å². The predicted molar refractivity (Wildman–Crippen MR) is 86.4 cm³/mol. The highest BCUT2D eigenvalue weighted by Gasteiger charge is 2.27. The van der Waals surface area contributed by atoms with Gasteiger partial charge in [0.25, 0.3) is 0 Å². The first-order valence-corrected chi connectivity index (χ1v) is 7.29. The molecule has 0 fully saturated rings. The first-order valence-electron chi connectivity index (χ1n) is 7.29. The van der Waals surface area contributed by atoms with Gasteiger partial charge in [0.1, 0.15) is 5.82 Å². The molecule has 1 aromatic heterocycles. The van der Waals surface area contributed by atoms with Gasteiger partial charge in [-0.15, -0.1) is 0 Å². The second kappa shape index (κ2) is 5.13. The summed E-state index contributed by atoms with van der Waals surface area (Å²) in [6.45, 7) is 0.